The van der Waals surface area contributed by atoms with E-state index in [0.29, 0.717) is 46.9 Å². The van der Waals surface area contributed by atoms with E-state index in [2.05, 4.69) is 42.1 Å². The van der Waals surface area contributed by atoms with Crippen LogP contribution in [0.5, 0.6) is 22.4 Å². The summed E-state index contributed by atoms with van der Waals surface area (Å²) < 4.78 is 30.9. The zero-order valence-electron chi connectivity index (χ0n) is 22.1. The first-order valence-corrected chi connectivity index (χ1v) is 13.2. The van der Waals surface area contributed by atoms with Crippen molar-refractivity contribution in [1.29, 1.82) is 0 Å². The van der Waals surface area contributed by atoms with Gasteiger partial charge in [-0.2, -0.15) is 0 Å². The number of hydrogen-bond donors (Lipinski definition) is 0. The average molecular weight is 542 g/mol. The molecule has 3 heterocycles. The van der Waals surface area contributed by atoms with Gasteiger partial charge in [-0.05, 0) is 60.1 Å². The third-order valence-corrected chi connectivity index (χ3v) is 7.33. The molecule has 6 rings (SSSR count). The lowest BCUT2D eigenvalue weighted by Gasteiger charge is -2.12. The summed E-state index contributed by atoms with van der Waals surface area (Å²) in [6.07, 6.45) is 1.81. The third-order valence-electron chi connectivity index (χ3n) is 6.45. The van der Waals surface area contributed by atoms with Gasteiger partial charge in [0.1, 0.15) is 41.7 Å². The first-order valence-electron chi connectivity index (χ1n) is 12.4. The van der Waals surface area contributed by atoms with Crippen LogP contribution < -0.4 is 18.9 Å². The van der Waals surface area contributed by atoms with Crippen molar-refractivity contribution in [2.75, 3.05) is 14.2 Å². The smallest absolute Gasteiger partial charge is 0.294 e. The minimum Gasteiger partial charge on any atom is -0.496 e. The van der Waals surface area contributed by atoms with Crippen molar-refractivity contribution in [2.45, 2.75) is 27.1 Å². The van der Waals surface area contributed by atoms with E-state index < -0.39 is 0 Å². The van der Waals surface area contributed by atoms with Gasteiger partial charge in [0.2, 0.25) is 4.96 Å². The lowest BCUT2D eigenvalue weighted by Crippen LogP contribution is -2.00. The van der Waals surface area contributed by atoms with E-state index in [1.165, 1.54) is 28.0 Å². The summed E-state index contributed by atoms with van der Waals surface area (Å²) >= 11 is 1.36. The minimum atomic E-state index is 0.355. The molecule has 0 fully saturated rings. The highest BCUT2D eigenvalue weighted by Crippen LogP contribution is 2.37. The van der Waals surface area contributed by atoms with Crippen molar-refractivity contribution in [2.24, 2.45) is 0 Å². The van der Waals surface area contributed by atoms with Crippen molar-refractivity contribution in [3.8, 4) is 33.9 Å². The van der Waals surface area contributed by atoms with Crippen molar-refractivity contribution >= 4 is 27.3 Å². The van der Waals surface area contributed by atoms with Crippen LogP contribution in [0.1, 0.15) is 22.3 Å². The number of ether oxygens (including phenoxy) is 4. The van der Waals surface area contributed by atoms with Gasteiger partial charge in [-0.3, -0.25) is 0 Å². The largest absolute Gasteiger partial charge is 0.496 e. The van der Waals surface area contributed by atoms with Crippen molar-refractivity contribution in [3.05, 3.63) is 89.1 Å². The molecule has 0 radical (unpaired) electrons. The maximum Gasteiger partial charge on any atom is 0.294 e. The van der Waals surface area contributed by atoms with Crippen LogP contribution in [0.25, 0.3) is 27.4 Å². The van der Waals surface area contributed by atoms with Gasteiger partial charge in [0, 0.05) is 12.1 Å². The predicted octanol–water partition coefficient (Wildman–Crippen LogP) is 7.00. The molecule has 0 aliphatic heterocycles. The molecule has 0 spiro atoms. The highest BCUT2D eigenvalue weighted by atomic mass is 32.1. The van der Waals surface area contributed by atoms with Gasteiger partial charge in [-0.15, -0.1) is 5.10 Å². The normalized spacial score (nSPS) is 11.3. The number of aryl methyl sites for hydroxylation is 2. The highest BCUT2D eigenvalue weighted by molar-refractivity contribution is 7.18. The number of furan rings is 1. The fraction of sp³-hybridized carbons (Fsp3) is 0.200. The maximum atomic E-state index is 6.27. The van der Waals surface area contributed by atoms with E-state index in [0.717, 1.165) is 21.7 Å². The van der Waals surface area contributed by atoms with Crippen LogP contribution in [-0.2, 0) is 13.2 Å². The second-order valence-electron chi connectivity index (χ2n) is 9.23. The Morgan fingerprint density at radius 3 is 2.59 bits per heavy atom. The Kier molecular flexibility index (Phi) is 6.58. The number of hydrogen-bond acceptors (Lipinski definition) is 8. The third kappa shape index (κ3) is 5.13. The number of methoxy groups -OCH3 is 2. The van der Waals surface area contributed by atoms with E-state index in [1.54, 1.807) is 18.7 Å². The number of imidazole rings is 1. The molecule has 0 unspecified atom stereocenters. The van der Waals surface area contributed by atoms with Crippen LogP contribution in [0.15, 0.2) is 71.3 Å². The maximum absolute atomic E-state index is 6.27. The van der Waals surface area contributed by atoms with Crippen molar-refractivity contribution in [1.82, 2.24) is 14.6 Å². The Morgan fingerprint density at radius 2 is 1.79 bits per heavy atom. The summed E-state index contributed by atoms with van der Waals surface area (Å²) in [5, 5.41) is 5.72. The molecule has 8 nitrogen and oxygen atoms in total. The SMILES string of the molecule is COc1cc(OCc2cccc(OCc3ccc(C)cc3C)c2)c2cc(-c3cn4nc(OC)sc4n3)oc2c1. The molecule has 0 bridgehead atoms. The van der Waals surface area contributed by atoms with Gasteiger partial charge in [0.05, 0.1) is 25.8 Å². The summed E-state index contributed by atoms with van der Waals surface area (Å²) in [5.74, 6) is 2.70. The second-order valence-corrected chi connectivity index (χ2v) is 10.1. The molecule has 39 heavy (non-hydrogen) atoms. The van der Waals surface area contributed by atoms with Gasteiger partial charge in [-0.25, -0.2) is 9.50 Å². The Balaban J connectivity index is 1.21. The Bertz CT molecular complexity index is 1750. The molecule has 0 aliphatic carbocycles. The summed E-state index contributed by atoms with van der Waals surface area (Å²) in [6, 6.07) is 20.0. The Hall–Kier alpha value is -4.50. The number of rotatable bonds is 9. The fourth-order valence-corrected chi connectivity index (χ4v) is 5.08. The van der Waals surface area contributed by atoms with Crippen molar-refractivity contribution in [3.63, 3.8) is 0 Å². The zero-order chi connectivity index (χ0) is 26.9. The molecule has 0 amide bonds. The molecule has 3 aromatic heterocycles. The summed E-state index contributed by atoms with van der Waals surface area (Å²) in [5.41, 5.74) is 5.95. The first-order chi connectivity index (χ1) is 19.0. The molecule has 198 valence electrons. The number of benzene rings is 3. The highest BCUT2D eigenvalue weighted by Gasteiger charge is 2.17. The molecular weight excluding hydrogens is 514 g/mol. The number of aromatic nitrogens is 3. The summed E-state index contributed by atoms with van der Waals surface area (Å²) in [6.45, 7) is 5.07. The monoisotopic (exact) mass is 541 g/mol. The minimum absolute atomic E-state index is 0.355. The van der Waals surface area contributed by atoms with Gasteiger partial charge in [-0.1, -0.05) is 35.9 Å². The molecule has 0 atom stereocenters. The first kappa shape index (κ1) is 24.8. The number of fused-ring (bicyclic) bond motifs is 2. The van der Waals surface area contributed by atoms with Gasteiger partial charge in [0.25, 0.3) is 5.19 Å². The molecule has 3 aromatic carbocycles. The van der Waals surface area contributed by atoms with Crippen LogP contribution >= 0.6 is 11.3 Å². The van der Waals surface area contributed by atoms with E-state index >= 15 is 0 Å². The standard InChI is InChI=1S/C30H27N3O5S/c1-18-8-9-21(19(2)10-18)17-36-22-7-5-6-20(11-22)16-37-26-12-23(34-3)13-27-24(26)14-28(38-27)25-15-33-29(31-25)39-30(32-33)35-4/h5-15H,16-17H2,1-4H3. The molecular formula is C30H27N3O5S. The van der Waals surface area contributed by atoms with E-state index in [4.69, 9.17) is 23.4 Å². The summed E-state index contributed by atoms with van der Waals surface area (Å²) in [7, 11) is 3.21. The Morgan fingerprint density at radius 1 is 0.897 bits per heavy atom. The van der Waals surface area contributed by atoms with E-state index in [-0.39, 0.29) is 0 Å². The molecule has 6 aromatic rings. The van der Waals surface area contributed by atoms with Crippen LogP contribution in [0.4, 0.5) is 0 Å². The number of nitrogens with zero attached hydrogens (tertiary/aromatic N) is 3. The van der Waals surface area contributed by atoms with E-state index in [1.807, 2.05) is 48.7 Å². The van der Waals surface area contributed by atoms with Crippen LogP contribution in [-0.4, -0.2) is 28.8 Å². The predicted molar refractivity (Wildman–Crippen MR) is 150 cm³/mol. The summed E-state index contributed by atoms with van der Waals surface area (Å²) in [4.78, 5) is 5.35. The van der Waals surface area contributed by atoms with Gasteiger partial charge < -0.3 is 23.4 Å². The van der Waals surface area contributed by atoms with Crippen LogP contribution in [0.3, 0.4) is 0 Å². The van der Waals surface area contributed by atoms with Crippen LogP contribution in [0, 0.1) is 13.8 Å². The lowest BCUT2D eigenvalue weighted by molar-refractivity contribution is 0.296. The van der Waals surface area contributed by atoms with Gasteiger partial charge >= 0.3 is 0 Å². The second kappa shape index (κ2) is 10.3. The van der Waals surface area contributed by atoms with E-state index in [9.17, 15) is 0 Å². The van der Waals surface area contributed by atoms with Gasteiger partial charge in [0.15, 0.2) is 5.76 Å². The molecule has 0 saturated heterocycles. The fourth-order valence-electron chi connectivity index (χ4n) is 4.38. The quantitative estimate of drug-likeness (QED) is 0.195. The Labute approximate surface area is 229 Å². The zero-order valence-corrected chi connectivity index (χ0v) is 22.9. The lowest BCUT2D eigenvalue weighted by atomic mass is 10.1. The average Bonchev–Trinajstić information content (AvgIpc) is 3.64. The molecule has 9 heteroatoms. The molecule has 0 aliphatic rings. The molecule has 0 N–H and O–H groups in total. The van der Waals surface area contributed by atoms with Crippen molar-refractivity contribution < 1.29 is 23.4 Å². The molecule has 0 saturated carbocycles. The topological polar surface area (TPSA) is 80.2 Å². The van der Waals surface area contributed by atoms with Crippen LogP contribution in [0.2, 0.25) is 0 Å².